The molecule has 1 unspecified atom stereocenters. The van der Waals surface area contributed by atoms with Gasteiger partial charge in [-0.3, -0.25) is 4.79 Å². The number of carbonyl (C=O) groups excluding carboxylic acids is 1. The van der Waals surface area contributed by atoms with Crippen LogP contribution in [0.4, 0.5) is 0 Å². The highest BCUT2D eigenvalue weighted by Crippen LogP contribution is 2.36. The van der Waals surface area contributed by atoms with Crippen molar-refractivity contribution in [2.45, 2.75) is 24.3 Å². The van der Waals surface area contributed by atoms with Gasteiger partial charge in [0.25, 0.3) is 0 Å². The molecule has 0 radical (unpaired) electrons. The standard InChI is InChI=1S/C20H23ClN2O2/c21-17-8-4-7-16(13-17)20(9-11-25-12-10-20)19(24)23-14-18(22)15-5-2-1-3-6-15/h1-8,13,18H,9-12,14,22H2,(H,23,24). The molecule has 0 aliphatic carbocycles. The summed E-state index contributed by atoms with van der Waals surface area (Å²) in [6, 6.07) is 17.1. The summed E-state index contributed by atoms with van der Waals surface area (Å²) in [5, 5.41) is 3.68. The SMILES string of the molecule is NC(CNC(=O)C1(c2cccc(Cl)c2)CCOCC1)c1ccccc1. The molecule has 1 amide bonds. The van der Waals surface area contributed by atoms with Gasteiger partial charge in [-0.15, -0.1) is 0 Å². The number of amides is 1. The van der Waals surface area contributed by atoms with Crippen molar-refractivity contribution in [1.82, 2.24) is 5.32 Å². The second-order valence-electron chi connectivity index (χ2n) is 6.43. The molecule has 0 saturated carbocycles. The molecule has 2 aromatic carbocycles. The fraction of sp³-hybridized carbons (Fsp3) is 0.350. The number of carbonyl (C=O) groups is 1. The van der Waals surface area contributed by atoms with Gasteiger partial charge in [0.05, 0.1) is 5.41 Å². The maximum absolute atomic E-state index is 13.1. The Labute approximate surface area is 153 Å². The number of benzene rings is 2. The maximum Gasteiger partial charge on any atom is 0.230 e. The summed E-state index contributed by atoms with van der Waals surface area (Å²) in [6.07, 6.45) is 1.28. The Morgan fingerprint density at radius 2 is 1.88 bits per heavy atom. The van der Waals surface area contributed by atoms with E-state index in [0.717, 1.165) is 11.1 Å². The van der Waals surface area contributed by atoms with Crippen molar-refractivity contribution >= 4 is 17.5 Å². The second-order valence-corrected chi connectivity index (χ2v) is 6.87. The molecule has 0 spiro atoms. The molecule has 3 rings (SSSR count). The van der Waals surface area contributed by atoms with E-state index in [1.807, 2.05) is 54.6 Å². The summed E-state index contributed by atoms with van der Waals surface area (Å²) in [6.45, 7) is 1.52. The average molecular weight is 359 g/mol. The van der Waals surface area contributed by atoms with Crippen LogP contribution in [0.25, 0.3) is 0 Å². The summed E-state index contributed by atoms with van der Waals surface area (Å²) in [4.78, 5) is 13.1. The number of ether oxygens (including phenoxy) is 1. The lowest BCUT2D eigenvalue weighted by molar-refractivity contribution is -0.130. The first-order chi connectivity index (χ1) is 12.1. The maximum atomic E-state index is 13.1. The van der Waals surface area contributed by atoms with Crippen LogP contribution in [0.15, 0.2) is 54.6 Å². The zero-order chi connectivity index (χ0) is 17.7. The minimum atomic E-state index is -0.612. The molecule has 1 fully saturated rings. The fourth-order valence-corrected chi connectivity index (χ4v) is 3.53. The third-order valence-electron chi connectivity index (χ3n) is 4.87. The number of nitrogens with one attached hydrogen (secondary N) is 1. The fourth-order valence-electron chi connectivity index (χ4n) is 3.34. The highest BCUT2D eigenvalue weighted by molar-refractivity contribution is 6.30. The van der Waals surface area contributed by atoms with Crippen molar-refractivity contribution in [3.63, 3.8) is 0 Å². The van der Waals surface area contributed by atoms with Gasteiger partial charge in [0, 0.05) is 30.8 Å². The number of rotatable bonds is 5. The van der Waals surface area contributed by atoms with Crippen molar-refractivity contribution in [2.24, 2.45) is 5.73 Å². The lowest BCUT2D eigenvalue weighted by Gasteiger charge is -2.36. The summed E-state index contributed by atoms with van der Waals surface area (Å²) in [5.74, 6) is -0.00977. The monoisotopic (exact) mass is 358 g/mol. The van der Waals surface area contributed by atoms with Gasteiger partial charge in [-0.1, -0.05) is 54.1 Å². The second kappa shape index (κ2) is 8.00. The molecule has 1 heterocycles. The summed E-state index contributed by atoms with van der Waals surface area (Å²) in [7, 11) is 0. The van der Waals surface area contributed by atoms with E-state index < -0.39 is 5.41 Å². The molecule has 1 saturated heterocycles. The molecule has 1 aliphatic rings. The normalized spacial score (nSPS) is 17.7. The van der Waals surface area contributed by atoms with E-state index in [0.29, 0.717) is 37.6 Å². The first-order valence-electron chi connectivity index (χ1n) is 8.54. The van der Waals surface area contributed by atoms with Crippen molar-refractivity contribution < 1.29 is 9.53 Å². The predicted octanol–water partition coefficient (Wildman–Crippen LogP) is 3.20. The largest absolute Gasteiger partial charge is 0.381 e. The Bertz CT molecular complexity index is 715. The third kappa shape index (κ3) is 4.03. The van der Waals surface area contributed by atoms with Crippen LogP contribution in [-0.4, -0.2) is 25.7 Å². The van der Waals surface area contributed by atoms with Crippen molar-refractivity contribution in [1.29, 1.82) is 0 Å². The minimum absolute atomic E-state index is 0.00977. The molecule has 132 valence electrons. The van der Waals surface area contributed by atoms with Gasteiger partial charge in [0.2, 0.25) is 5.91 Å². The van der Waals surface area contributed by atoms with E-state index in [1.165, 1.54) is 0 Å². The Morgan fingerprint density at radius 3 is 2.56 bits per heavy atom. The van der Waals surface area contributed by atoms with Crippen molar-refractivity contribution in [2.75, 3.05) is 19.8 Å². The van der Waals surface area contributed by atoms with E-state index in [-0.39, 0.29) is 11.9 Å². The Hall–Kier alpha value is -1.88. The van der Waals surface area contributed by atoms with E-state index in [4.69, 9.17) is 22.1 Å². The molecular weight excluding hydrogens is 336 g/mol. The summed E-state index contributed by atoms with van der Waals surface area (Å²) in [5.41, 5.74) is 7.55. The lowest BCUT2D eigenvalue weighted by atomic mass is 9.73. The highest BCUT2D eigenvalue weighted by atomic mass is 35.5. The number of hydrogen-bond acceptors (Lipinski definition) is 3. The number of nitrogens with two attached hydrogens (primary N) is 1. The minimum Gasteiger partial charge on any atom is -0.381 e. The van der Waals surface area contributed by atoms with E-state index >= 15 is 0 Å². The van der Waals surface area contributed by atoms with Gasteiger partial charge in [0.15, 0.2) is 0 Å². The van der Waals surface area contributed by atoms with Gasteiger partial charge >= 0.3 is 0 Å². The van der Waals surface area contributed by atoms with Gasteiger partial charge in [-0.05, 0) is 36.1 Å². The van der Waals surface area contributed by atoms with Crippen LogP contribution in [0.2, 0.25) is 5.02 Å². The van der Waals surface area contributed by atoms with Crippen LogP contribution in [0.3, 0.4) is 0 Å². The molecule has 5 heteroatoms. The zero-order valence-corrected chi connectivity index (χ0v) is 14.8. The van der Waals surface area contributed by atoms with Crippen LogP contribution in [-0.2, 0) is 14.9 Å². The Balaban J connectivity index is 1.76. The Kier molecular flexibility index (Phi) is 5.74. The topological polar surface area (TPSA) is 64.3 Å². The quantitative estimate of drug-likeness (QED) is 0.862. The number of halogens is 1. The van der Waals surface area contributed by atoms with Gasteiger partial charge in [-0.25, -0.2) is 0 Å². The van der Waals surface area contributed by atoms with Crippen molar-refractivity contribution in [3.8, 4) is 0 Å². The summed E-state index contributed by atoms with van der Waals surface area (Å²) < 4.78 is 5.48. The van der Waals surface area contributed by atoms with Crippen LogP contribution in [0.1, 0.15) is 30.0 Å². The zero-order valence-electron chi connectivity index (χ0n) is 14.1. The molecule has 1 atom stereocenters. The smallest absolute Gasteiger partial charge is 0.230 e. The first-order valence-corrected chi connectivity index (χ1v) is 8.92. The van der Waals surface area contributed by atoms with E-state index in [1.54, 1.807) is 0 Å². The van der Waals surface area contributed by atoms with Crippen LogP contribution in [0, 0.1) is 0 Å². The average Bonchev–Trinajstić information content (AvgIpc) is 2.67. The third-order valence-corrected chi connectivity index (χ3v) is 5.10. The lowest BCUT2D eigenvalue weighted by Crippen LogP contribution is -2.49. The molecule has 4 nitrogen and oxygen atoms in total. The van der Waals surface area contributed by atoms with E-state index in [9.17, 15) is 4.79 Å². The Morgan fingerprint density at radius 1 is 1.16 bits per heavy atom. The molecule has 1 aliphatic heterocycles. The first kappa shape index (κ1) is 17.9. The highest BCUT2D eigenvalue weighted by Gasteiger charge is 2.41. The van der Waals surface area contributed by atoms with Crippen LogP contribution < -0.4 is 11.1 Å². The molecule has 3 N–H and O–H groups in total. The van der Waals surface area contributed by atoms with E-state index in [2.05, 4.69) is 5.32 Å². The molecule has 2 aromatic rings. The number of hydrogen-bond donors (Lipinski definition) is 2. The predicted molar refractivity (Wildman–Crippen MR) is 99.6 cm³/mol. The molecule has 25 heavy (non-hydrogen) atoms. The summed E-state index contributed by atoms with van der Waals surface area (Å²) >= 11 is 6.16. The molecule has 0 bridgehead atoms. The van der Waals surface area contributed by atoms with Gasteiger partial charge < -0.3 is 15.8 Å². The van der Waals surface area contributed by atoms with Gasteiger partial charge in [0.1, 0.15) is 0 Å². The molecular formula is C20H23ClN2O2. The van der Waals surface area contributed by atoms with Crippen molar-refractivity contribution in [3.05, 3.63) is 70.7 Å². The van der Waals surface area contributed by atoms with Crippen LogP contribution in [0.5, 0.6) is 0 Å². The molecule has 0 aromatic heterocycles. The van der Waals surface area contributed by atoms with Gasteiger partial charge in [-0.2, -0.15) is 0 Å². The van der Waals surface area contributed by atoms with Crippen LogP contribution >= 0.6 is 11.6 Å².